The van der Waals surface area contributed by atoms with Gasteiger partial charge in [-0.15, -0.1) is 0 Å². The first-order valence-electron chi connectivity index (χ1n) is 17.9. The average molecular weight is 669 g/mol. The van der Waals surface area contributed by atoms with E-state index in [9.17, 15) is 35.4 Å². The van der Waals surface area contributed by atoms with Crippen molar-refractivity contribution in [3.8, 4) is 0 Å². The minimum atomic E-state index is -1.62. The number of carbonyl (C=O) groups is 1. The molecule has 6 N–H and O–H groups in total. The fourth-order valence-electron chi connectivity index (χ4n) is 12.1. The summed E-state index contributed by atoms with van der Waals surface area (Å²) in [4.78, 5) is 11.6. The van der Waals surface area contributed by atoms with Gasteiger partial charge in [-0.25, -0.2) is 0 Å². The zero-order valence-electron chi connectivity index (χ0n) is 28.4. The Bertz CT molecular complexity index is 1190. The predicted molar refractivity (Wildman–Crippen MR) is 164 cm³/mol. The summed E-state index contributed by atoms with van der Waals surface area (Å²) in [6.45, 7) is 10.2. The molecule has 4 saturated carbocycles. The largest absolute Gasteiger partial charge is 0.457 e. The van der Waals surface area contributed by atoms with Gasteiger partial charge in [-0.3, -0.25) is 4.79 Å². The van der Waals surface area contributed by atoms with Crippen LogP contribution in [0.3, 0.4) is 0 Å². The number of hydrogen-bond acceptors (Lipinski definition) is 12. The lowest BCUT2D eigenvalue weighted by molar-refractivity contribution is -0.340. The van der Waals surface area contributed by atoms with Crippen molar-refractivity contribution >= 4 is 5.97 Å². The number of fused-ring (bicyclic) bond motifs is 7. The molecule has 1 spiro atoms. The number of rotatable bonds is 4. The van der Waals surface area contributed by atoms with Gasteiger partial charge in [-0.2, -0.15) is 0 Å². The molecular formula is C35H56O12. The van der Waals surface area contributed by atoms with Crippen molar-refractivity contribution in [2.75, 3.05) is 13.2 Å². The number of aliphatic hydroxyl groups excluding tert-OH is 5. The van der Waals surface area contributed by atoms with Crippen LogP contribution in [0, 0.1) is 46.3 Å². The van der Waals surface area contributed by atoms with Crippen molar-refractivity contribution < 1.29 is 59.1 Å². The maximum atomic E-state index is 12.2. The maximum Gasteiger partial charge on any atom is 0.303 e. The normalized spacial score (nSPS) is 58.7. The molecule has 0 aromatic heterocycles. The number of esters is 1. The van der Waals surface area contributed by atoms with Crippen molar-refractivity contribution in [1.29, 1.82) is 0 Å². The van der Waals surface area contributed by atoms with Gasteiger partial charge in [0.05, 0.1) is 43.2 Å². The second-order valence-corrected chi connectivity index (χ2v) is 16.9. The smallest absolute Gasteiger partial charge is 0.303 e. The quantitative estimate of drug-likeness (QED) is 0.186. The fraction of sp³-hybridized carbons (Fsp3) is 0.971. The molecule has 7 aliphatic rings. The molecule has 3 heterocycles. The van der Waals surface area contributed by atoms with Crippen molar-refractivity contribution in [3.63, 3.8) is 0 Å². The van der Waals surface area contributed by atoms with Gasteiger partial charge in [0.1, 0.15) is 18.3 Å². The first kappa shape index (κ1) is 34.5. The van der Waals surface area contributed by atoms with Crippen molar-refractivity contribution in [2.45, 2.75) is 152 Å². The predicted octanol–water partition coefficient (Wildman–Crippen LogP) is 1.25. The van der Waals surface area contributed by atoms with Crippen LogP contribution in [0.25, 0.3) is 0 Å². The topological polar surface area (TPSA) is 185 Å². The van der Waals surface area contributed by atoms with Crippen LogP contribution in [-0.4, -0.2) is 116 Å². The zero-order valence-corrected chi connectivity index (χ0v) is 28.4. The summed E-state index contributed by atoms with van der Waals surface area (Å²) in [7, 11) is 0. The van der Waals surface area contributed by atoms with Gasteiger partial charge >= 0.3 is 5.97 Å². The fourth-order valence-corrected chi connectivity index (χ4v) is 12.1. The van der Waals surface area contributed by atoms with E-state index in [0.29, 0.717) is 24.2 Å². The molecule has 12 heteroatoms. The summed E-state index contributed by atoms with van der Waals surface area (Å²) in [5.74, 6) is 0.409. The lowest BCUT2D eigenvalue weighted by atomic mass is 9.42. The highest BCUT2D eigenvalue weighted by atomic mass is 16.7. The van der Waals surface area contributed by atoms with Crippen LogP contribution in [0.4, 0.5) is 0 Å². The minimum absolute atomic E-state index is 0.00473. The Morgan fingerprint density at radius 3 is 2.38 bits per heavy atom. The standard InChI is InChI=1S/C35H56O12/c1-16-6-9-35(43-15-16)17(2)27-23(47-35)11-21-19-10-26(39)34(42)12-22(38)24(13-33(34,5)20(19)7-8-32(21,27)4)45-31-29(41)28(40)30(44-18(3)37)25(14-36)46-31/h16-17,19-31,36,38-42H,6-15H2,1-5H3/t16-,17+,19-,20+,21+,22-,23+,24-,25-,26-,27+,28-,29-,30-,31-,32+,33-,34+,35-/m1/s1. The Hall–Kier alpha value is -0.930. The van der Waals surface area contributed by atoms with Crippen LogP contribution >= 0.6 is 0 Å². The van der Waals surface area contributed by atoms with Crippen LogP contribution in [0.15, 0.2) is 0 Å². The van der Waals surface area contributed by atoms with Crippen molar-refractivity contribution in [2.24, 2.45) is 46.3 Å². The molecular weight excluding hydrogens is 612 g/mol. The second kappa shape index (κ2) is 11.8. The van der Waals surface area contributed by atoms with E-state index in [-0.39, 0.29) is 42.1 Å². The molecule has 4 aliphatic carbocycles. The lowest BCUT2D eigenvalue weighted by Gasteiger charge is -2.66. The molecule has 19 atom stereocenters. The number of hydrogen-bond donors (Lipinski definition) is 6. The van der Waals surface area contributed by atoms with Crippen LogP contribution in [0.2, 0.25) is 0 Å². The van der Waals surface area contributed by atoms with E-state index in [2.05, 4.69) is 20.8 Å². The van der Waals surface area contributed by atoms with Gasteiger partial charge in [0.2, 0.25) is 0 Å². The maximum absolute atomic E-state index is 12.2. The monoisotopic (exact) mass is 668 g/mol. The average Bonchev–Trinajstić information content (AvgIpc) is 3.46. The highest BCUT2D eigenvalue weighted by Crippen LogP contribution is 2.72. The minimum Gasteiger partial charge on any atom is -0.457 e. The summed E-state index contributed by atoms with van der Waals surface area (Å²) in [5.41, 5.74) is -2.37. The van der Waals surface area contributed by atoms with E-state index < -0.39 is 78.4 Å². The molecule has 268 valence electrons. The molecule has 7 fully saturated rings. The van der Waals surface area contributed by atoms with Gasteiger partial charge in [0.25, 0.3) is 0 Å². The van der Waals surface area contributed by atoms with Gasteiger partial charge in [-0.05, 0) is 73.5 Å². The summed E-state index contributed by atoms with van der Waals surface area (Å²) < 4.78 is 30.4. The molecule has 0 unspecified atom stereocenters. The molecule has 0 amide bonds. The first-order valence-corrected chi connectivity index (χ1v) is 17.9. The molecule has 0 aromatic rings. The molecule has 3 saturated heterocycles. The van der Waals surface area contributed by atoms with Crippen LogP contribution in [-0.2, 0) is 28.5 Å². The van der Waals surface area contributed by atoms with Crippen LogP contribution in [0.5, 0.6) is 0 Å². The molecule has 3 aliphatic heterocycles. The van der Waals surface area contributed by atoms with E-state index in [1.807, 2.05) is 6.92 Å². The SMILES string of the molecule is CC(=O)O[C@H]1[C@H](O)[C@@H](O)[C@H](O[C@@H]2C[C@]3(C)[C@H]4CC[C@]5(C)[C@@H]6[C@H](C[C@H]5[C@@H]4C[C@@H](O)[C@@]3(O)C[C@H]2O)O[C@]2(CC[C@@H](C)CO2)[C@H]6C)O[C@@H]1CO. The third-order valence-corrected chi connectivity index (χ3v) is 14.6. The molecule has 0 radical (unpaired) electrons. The first-order chi connectivity index (χ1) is 22.1. The van der Waals surface area contributed by atoms with E-state index in [1.54, 1.807) is 0 Å². The van der Waals surface area contributed by atoms with Gasteiger partial charge in [0, 0.05) is 31.1 Å². The summed E-state index contributed by atoms with van der Waals surface area (Å²) in [6, 6.07) is 0. The highest BCUT2D eigenvalue weighted by molar-refractivity contribution is 5.66. The summed E-state index contributed by atoms with van der Waals surface area (Å²) >= 11 is 0. The highest BCUT2D eigenvalue weighted by Gasteiger charge is 2.72. The van der Waals surface area contributed by atoms with E-state index in [4.69, 9.17) is 23.7 Å². The molecule has 47 heavy (non-hydrogen) atoms. The number of carbonyl (C=O) groups excluding carboxylic acids is 1. The second-order valence-electron chi connectivity index (χ2n) is 16.9. The van der Waals surface area contributed by atoms with Crippen molar-refractivity contribution in [3.05, 3.63) is 0 Å². The third-order valence-electron chi connectivity index (χ3n) is 14.6. The van der Waals surface area contributed by atoms with Gasteiger partial charge in [-0.1, -0.05) is 27.7 Å². The lowest BCUT2D eigenvalue weighted by Crippen LogP contribution is -2.71. The number of aliphatic hydroxyl groups is 6. The molecule has 12 nitrogen and oxygen atoms in total. The molecule has 0 aromatic carbocycles. The Balaban J connectivity index is 1.11. The summed E-state index contributed by atoms with van der Waals surface area (Å²) in [6.07, 6.45) is -4.86. The molecule has 7 rings (SSSR count). The Labute approximate surface area is 277 Å². The molecule has 0 bridgehead atoms. The Morgan fingerprint density at radius 2 is 1.72 bits per heavy atom. The van der Waals surface area contributed by atoms with E-state index in [1.165, 1.54) is 0 Å². The van der Waals surface area contributed by atoms with E-state index >= 15 is 0 Å². The van der Waals surface area contributed by atoms with Crippen LogP contribution in [0.1, 0.15) is 86.0 Å². The van der Waals surface area contributed by atoms with Gasteiger partial charge in [0.15, 0.2) is 18.2 Å². The summed E-state index contributed by atoms with van der Waals surface area (Å²) in [5, 5.41) is 66.8. The number of ether oxygens (including phenoxy) is 5. The Morgan fingerprint density at radius 1 is 0.979 bits per heavy atom. The van der Waals surface area contributed by atoms with Crippen LogP contribution < -0.4 is 0 Å². The van der Waals surface area contributed by atoms with Crippen molar-refractivity contribution in [1.82, 2.24) is 0 Å². The third kappa shape index (κ3) is 5.02. The Kier molecular flexibility index (Phi) is 8.68. The van der Waals surface area contributed by atoms with Gasteiger partial charge < -0.3 is 54.3 Å². The zero-order chi connectivity index (χ0) is 33.8. The van der Waals surface area contributed by atoms with E-state index in [0.717, 1.165) is 45.6 Å².